The van der Waals surface area contributed by atoms with Gasteiger partial charge in [-0.3, -0.25) is 0 Å². The minimum atomic E-state index is -3.09. The van der Waals surface area contributed by atoms with Crippen molar-refractivity contribution in [2.45, 2.75) is 64.8 Å². The van der Waals surface area contributed by atoms with E-state index in [2.05, 4.69) is 53.8 Å². The Morgan fingerprint density at radius 3 is 2.67 bits per heavy atom. The van der Waals surface area contributed by atoms with E-state index in [4.69, 9.17) is 0 Å². The third-order valence-electron chi connectivity index (χ3n) is 6.82. The van der Waals surface area contributed by atoms with Gasteiger partial charge < -0.3 is 10.3 Å². The smallest absolute Gasteiger partial charge is 0.213 e. The zero-order chi connectivity index (χ0) is 23.3. The monoisotopic (exact) mass is 487 g/mol. The molecule has 0 bridgehead atoms. The molecule has 0 aliphatic carbocycles. The molecule has 2 aromatic heterocycles. The second-order valence-electron chi connectivity index (χ2n) is 9.08. The molecule has 2 N–H and O–H groups in total. The lowest BCUT2D eigenvalue weighted by Gasteiger charge is -2.30. The van der Waals surface area contributed by atoms with E-state index in [0.29, 0.717) is 19.0 Å². The summed E-state index contributed by atoms with van der Waals surface area (Å²) in [6.45, 7) is 7.23. The van der Waals surface area contributed by atoms with Crippen LogP contribution in [0.4, 0.5) is 0 Å². The molecule has 1 aliphatic rings. The normalized spacial score (nSPS) is 16.1. The van der Waals surface area contributed by atoms with E-state index in [-0.39, 0.29) is 5.75 Å². The number of nitrogens with zero attached hydrogens (tertiary/aromatic N) is 1. The highest BCUT2D eigenvalue weighted by Crippen LogP contribution is 2.37. The third kappa shape index (κ3) is 5.88. The van der Waals surface area contributed by atoms with Crippen molar-refractivity contribution in [3.63, 3.8) is 0 Å². The summed E-state index contributed by atoms with van der Waals surface area (Å²) in [6, 6.07) is 11.2. The van der Waals surface area contributed by atoms with Gasteiger partial charge in [0.25, 0.3) is 0 Å². The van der Waals surface area contributed by atoms with Gasteiger partial charge in [0.15, 0.2) is 0 Å². The Labute approximate surface area is 202 Å². The van der Waals surface area contributed by atoms with Crippen molar-refractivity contribution < 1.29 is 8.42 Å². The maximum absolute atomic E-state index is 12.2. The van der Waals surface area contributed by atoms with E-state index >= 15 is 0 Å². The molecule has 1 saturated heterocycles. The molecule has 1 aliphatic heterocycles. The van der Waals surface area contributed by atoms with E-state index in [0.717, 1.165) is 31.4 Å². The lowest BCUT2D eigenvalue weighted by molar-refractivity contribution is 0.321. The van der Waals surface area contributed by atoms with Crippen molar-refractivity contribution in [1.82, 2.24) is 14.6 Å². The van der Waals surface area contributed by atoms with Crippen molar-refractivity contribution in [1.29, 1.82) is 0 Å². The fourth-order valence-corrected chi connectivity index (χ4v) is 6.88. The number of rotatable bonds is 11. The number of thiophene rings is 1. The molecule has 0 amide bonds. The minimum absolute atomic E-state index is 0.186. The van der Waals surface area contributed by atoms with Crippen LogP contribution in [0, 0.1) is 0 Å². The second-order valence-corrected chi connectivity index (χ2v) is 12.5. The Balaban J connectivity index is 1.42. The Bertz CT molecular complexity index is 1140. The van der Waals surface area contributed by atoms with E-state index in [1.54, 1.807) is 11.2 Å². The van der Waals surface area contributed by atoms with Gasteiger partial charge in [-0.05, 0) is 74.0 Å². The zero-order valence-electron chi connectivity index (χ0n) is 19.9. The van der Waals surface area contributed by atoms with Gasteiger partial charge in [-0.1, -0.05) is 32.3 Å². The van der Waals surface area contributed by atoms with Gasteiger partial charge in [0, 0.05) is 46.5 Å². The number of hydrogen-bond acceptors (Lipinski definition) is 4. The number of aromatic nitrogens is 1. The molecule has 0 atom stereocenters. The number of hydrogen-bond donors (Lipinski definition) is 2. The Kier molecular flexibility index (Phi) is 8.28. The van der Waals surface area contributed by atoms with Crippen molar-refractivity contribution in [2.75, 3.05) is 25.4 Å². The summed E-state index contributed by atoms with van der Waals surface area (Å²) in [5.74, 6) is 0.582. The van der Waals surface area contributed by atoms with Crippen LogP contribution in [-0.2, 0) is 16.6 Å². The quantitative estimate of drug-likeness (QED) is 0.321. The molecule has 0 unspecified atom stereocenters. The fourth-order valence-electron chi connectivity index (χ4n) is 4.78. The molecule has 4 rings (SSSR count). The number of aromatic amines is 1. The van der Waals surface area contributed by atoms with Gasteiger partial charge in [-0.2, -0.15) is 0 Å². The Morgan fingerprint density at radius 1 is 1.09 bits per heavy atom. The van der Waals surface area contributed by atoms with Crippen molar-refractivity contribution >= 4 is 32.3 Å². The van der Waals surface area contributed by atoms with Crippen LogP contribution in [0.2, 0.25) is 0 Å². The highest BCUT2D eigenvalue weighted by Gasteiger charge is 2.28. The summed E-state index contributed by atoms with van der Waals surface area (Å²) >= 11 is 1.87. The number of H-pyrrole nitrogens is 1. The van der Waals surface area contributed by atoms with Crippen LogP contribution in [0.5, 0.6) is 0 Å². The molecule has 180 valence electrons. The highest BCUT2D eigenvalue weighted by molar-refractivity contribution is 7.89. The molecule has 33 heavy (non-hydrogen) atoms. The predicted octanol–water partition coefficient (Wildman–Crippen LogP) is 6.10. The van der Waals surface area contributed by atoms with Crippen LogP contribution >= 0.6 is 11.3 Å². The van der Waals surface area contributed by atoms with Crippen LogP contribution < -0.4 is 5.32 Å². The van der Waals surface area contributed by atoms with E-state index in [1.807, 2.05) is 11.3 Å². The van der Waals surface area contributed by atoms with Gasteiger partial charge in [0.05, 0.1) is 5.75 Å². The standard InChI is InChI=1S/C26H37N3O2S2/c1-3-5-6-7-14-27-18-22-9-11-26(32-22)21-8-10-25-23(17-21)24(19-28-25)20-12-15-29(16-13-20)33(30,31)4-2/h8-11,17,19-20,27-28H,3-7,12-16,18H2,1-2H3. The van der Waals surface area contributed by atoms with Crippen molar-refractivity contribution in [3.8, 4) is 10.4 Å². The largest absolute Gasteiger partial charge is 0.361 e. The number of benzene rings is 1. The number of fused-ring (bicyclic) bond motifs is 1. The van der Waals surface area contributed by atoms with Crippen molar-refractivity contribution in [3.05, 3.63) is 47.0 Å². The minimum Gasteiger partial charge on any atom is -0.361 e. The topological polar surface area (TPSA) is 65.2 Å². The first kappa shape index (κ1) is 24.5. The maximum atomic E-state index is 12.2. The van der Waals surface area contributed by atoms with E-state index in [1.165, 1.54) is 52.0 Å². The average Bonchev–Trinajstić information content (AvgIpc) is 3.48. The summed E-state index contributed by atoms with van der Waals surface area (Å²) in [5, 5.41) is 4.85. The zero-order valence-corrected chi connectivity index (χ0v) is 21.5. The van der Waals surface area contributed by atoms with Gasteiger partial charge in [-0.15, -0.1) is 11.3 Å². The molecule has 7 heteroatoms. The van der Waals surface area contributed by atoms with Crippen LogP contribution in [-0.4, -0.2) is 43.1 Å². The number of unbranched alkanes of at least 4 members (excludes halogenated alkanes) is 3. The SMILES string of the molecule is CCCCCCNCc1ccc(-c2ccc3[nH]cc(C4CCN(S(=O)(=O)CC)CC4)c3c2)s1. The molecular weight excluding hydrogens is 450 g/mol. The van der Waals surface area contributed by atoms with Crippen LogP contribution in [0.25, 0.3) is 21.3 Å². The number of sulfonamides is 1. The summed E-state index contributed by atoms with van der Waals surface area (Å²) in [5.41, 5.74) is 3.74. The predicted molar refractivity (Wildman–Crippen MR) is 140 cm³/mol. The fraction of sp³-hybridized carbons (Fsp3) is 0.538. The summed E-state index contributed by atoms with van der Waals surface area (Å²) in [4.78, 5) is 6.11. The Hall–Kier alpha value is -1.67. The van der Waals surface area contributed by atoms with Crippen LogP contribution in [0.15, 0.2) is 36.5 Å². The lowest BCUT2D eigenvalue weighted by atomic mass is 9.89. The van der Waals surface area contributed by atoms with Crippen molar-refractivity contribution in [2.24, 2.45) is 0 Å². The summed E-state index contributed by atoms with van der Waals surface area (Å²) in [7, 11) is -3.09. The molecular formula is C26H37N3O2S2. The first-order valence-electron chi connectivity index (χ1n) is 12.4. The first-order valence-corrected chi connectivity index (χ1v) is 14.8. The maximum Gasteiger partial charge on any atom is 0.213 e. The molecule has 0 saturated carbocycles. The van der Waals surface area contributed by atoms with Gasteiger partial charge in [0.1, 0.15) is 0 Å². The third-order valence-corrected chi connectivity index (χ3v) is 9.83. The molecule has 5 nitrogen and oxygen atoms in total. The number of nitrogens with one attached hydrogen (secondary N) is 2. The average molecular weight is 488 g/mol. The molecule has 1 fully saturated rings. The molecule has 3 aromatic rings. The second kappa shape index (κ2) is 11.2. The lowest BCUT2D eigenvalue weighted by Crippen LogP contribution is -2.38. The van der Waals surface area contributed by atoms with E-state index < -0.39 is 10.0 Å². The van der Waals surface area contributed by atoms with Gasteiger partial charge >= 0.3 is 0 Å². The molecule has 0 radical (unpaired) electrons. The van der Waals surface area contributed by atoms with Crippen LogP contribution in [0.3, 0.4) is 0 Å². The molecule has 1 aromatic carbocycles. The van der Waals surface area contributed by atoms with E-state index in [9.17, 15) is 8.42 Å². The summed E-state index contributed by atoms with van der Waals surface area (Å²) < 4.78 is 26.1. The first-order chi connectivity index (χ1) is 16.0. The van der Waals surface area contributed by atoms with Crippen LogP contribution in [0.1, 0.15) is 68.7 Å². The molecule has 3 heterocycles. The highest BCUT2D eigenvalue weighted by atomic mass is 32.2. The van der Waals surface area contributed by atoms with Gasteiger partial charge in [0.2, 0.25) is 10.0 Å². The molecule has 0 spiro atoms. The Morgan fingerprint density at radius 2 is 1.91 bits per heavy atom. The number of piperidine rings is 1. The summed E-state index contributed by atoms with van der Waals surface area (Å²) in [6.07, 6.45) is 9.05. The van der Waals surface area contributed by atoms with Gasteiger partial charge in [-0.25, -0.2) is 12.7 Å².